The Morgan fingerprint density at radius 2 is 1.84 bits per heavy atom. The maximum absolute atomic E-state index is 13.0. The van der Waals surface area contributed by atoms with Crippen molar-refractivity contribution in [2.75, 3.05) is 5.32 Å². The minimum atomic E-state index is -4.08. The fraction of sp³-hybridized carbons (Fsp3) is 0.150. The highest BCUT2D eigenvalue weighted by Gasteiger charge is 2.24. The number of hydrogen-bond acceptors (Lipinski definition) is 6. The Labute approximate surface area is 187 Å². The molecule has 11 heteroatoms. The lowest BCUT2D eigenvalue weighted by molar-refractivity contribution is -0.115. The van der Waals surface area contributed by atoms with Crippen LogP contribution in [0.2, 0.25) is 5.02 Å². The van der Waals surface area contributed by atoms with Crippen molar-refractivity contribution < 1.29 is 17.6 Å². The van der Waals surface area contributed by atoms with Crippen molar-refractivity contribution in [3.05, 3.63) is 75.9 Å². The number of nitrogens with one attached hydrogen (secondary N) is 2. The molecule has 162 valence electrons. The van der Waals surface area contributed by atoms with Gasteiger partial charge in [-0.1, -0.05) is 30.3 Å². The number of thioether (sulfide) groups is 1. The van der Waals surface area contributed by atoms with Gasteiger partial charge in [-0.05, 0) is 55.0 Å². The second-order valence-corrected chi connectivity index (χ2v) is 9.90. The fourth-order valence-electron chi connectivity index (χ4n) is 2.57. The maximum atomic E-state index is 13.0. The molecule has 1 atom stereocenters. The van der Waals surface area contributed by atoms with Gasteiger partial charge >= 0.3 is 0 Å². The summed E-state index contributed by atoms with van der Waals surface area (Å²) < 4.78 is 38.4. The zero-order chi connectivity index (χ0) is 22.6. The first-order chi connectivity index (χ1) is 14.7. The molecule has 1 amide bonds. The van der Waals surface area contributed by atoms with E-state index in [1.54, 1.807) is 6.92 Å². The first kappa shape index (κ1) is 23.0. The van der Waals surface area contributed by atoms with Gasteiger partial charge in [0.05, 0.1) is 16.3 Å². The standard InChI is InChI=1S/C20H17ClFN3O4S2/c1-2-16(18(26)24-14-7-5-13(22)6-8-14)30-20-23-11-17(19(27)25-20)31(28,29)15-9-3-12(21)4-10-15/h3-11,16H,2H2,1H3,(H,24,26)(H,23,25,27)/t16-/m1/s1. The highest BCUT2D eigenvalue weighted by molar-refractivity contribution is 8.00. The van der Waals surface area contributed by atoms with Gasteiger partial charge in [0.1, 0.15) is 5.82 Å². The van der Waals surface area contributed by atoms with Crippen LogP contribution in [0.1, 0.15) is 13.3 Å². The van der Waals surface area contributed by atoms with E-state index in [0.29, 0.717) is 17.1 Å². The van der Waals surface area contributed by atoms with Crippen LogP contribution in [0.3, 0.4) is 0 Å². The van der Waals surface area contributed by atoms with Crippen molar-refractivity contribution in [1.29, 1.82) is 0 Å². The average Bonchev–Trinajstić information content (AvgIpc) is 2.73. The normalized spacial score (nSPS) is 12.4. The molecule has 0 fully saturated rings. The predicted octanol–water partition coefficient (Wildman–Crippen LogP) is 3.90. The van der Waals surface area contributed by atoms with Crippen LogP contribution >= 0.6 is 23.4 Å². The number of rotatable bonds is 7. The van der Waals surface area contributed by atoms with Gasteiger partial charge in [0.15, 0.2) is 10.1 Å². The SMILES string of the molecule is CC[C@@H](Sc1ncc(S(=O)(=O)c2ccc(Cl)cc2)c(=O)[nH]1)C(=O)Nc1ccc(F)cc1. The maximum Gasteiger partial charge on any atom is 0.270 e. The minimum absolute atomic E-state index is 0.0882. The number of benzene rings is 2. The van der Waals surface area contributed by atoms with Crippen molar-refractivity contribution in [3.8, 4) is 0 Å². The molecule has 0 saturated heterocycles. The predicted molar refractivity (Wildman–Crippen MR) is 117 cm³/mol. The molecule has 0 unspecified atom stereocenters. The number of aromatic amines is 1. The molecule has 0 spiro atoms. The van der Waals surface area contributed by atoms with Crippen molar-refractivity contribution in [1.82, 2.24) is 9.97 Å². The molecule has 2 aromatic carbocycles. The van der Waals surface area contributed by atoms with Crippen LogP contribution in [0.15, 0.2) is 74.5 Å². The van der Waals surface area contributed by atoms with E-state index in [9.17, 15) is 22.4 Å². The van der Waals surface area contributed by atoms with Gasteiger partial charge in [0.25, 0.3) is 5.56 Å². The Bertz CT molecular complexity index is 1250. The van der Waals surface area contributed by atoms with E-state index in [4.69, 9.17) is 11.6 Å². The Morgan fingerprint density at radius 1 is 1.19 bits per heavy atom. The molecule has 0 radical (unpaired) electrons. The zero-order valence-electron chi connectivity index (χ0n) is 16.1. The van der Waals surface area contributed by atoms with Crippen LogP contribution in [0.5, 0.6) is 0 Å². The molecule has 0 aliphatic heterocycles. The summed E-state index contributed by atoms with van der Waals surface area (Å²) in [5.74, 6) is -0.783. The summed E-state index contributed by atoms with van der Waals surface area (Å²) in [6.07, 6.45) is 1.38. The van der Waals surface area contributed by atoms with Crippen LogP contribution in [0.4, 0.5) is 10.1 Å². The lowest BCUT2D eigenvalue weighted by Crippen LogP contribution is -2.26. The van der Waals surface area contributed by atoms with E-state index >= 15 is 0 Å². The molecule has 1 aromatic heterocycles. The van der Waals surface area contributed by atoms with E-state index < -0.39 is 31.4 Å². The summed E-state index contributed by atoms with van der Waals surface area (Å²) >= 11 is 6.76. The molecule has 3 aromatic rings. The third kappa shape index (κ3) is 5.52. The molecule has 2 N–H and O–H groups in total. The smallest absolute Gasteiger partial charge is 0.270 e. The van der Waals surface area contributed by atoms with Gasteiger partial charge in [-0.15, -0.1) is 0 Å². The summed E-state index contributed by atoms with van der Waals surface area (Å²) in [5, 5.41) is 2.51. The molecule has 0 aliphatic carbocycles. The Balaban J connectivity index is 1.78. The average molecular weight is 482 g/mol. The van der Waals surface area contributed by atoms with Crippen molar-refractivity contribution in [3.63, 3.8) is 0 Å². The largest absolute Gasteiger partial charge is 0.325 e. The van der Waals surface area contributed by atoms with Gasteiger partial charge in [-0.2, -0.15) is 0 Å². The number of carbonyl (C=O) groups is 1. The van der Waals surface area contributed by atoms with E-state index in [-0.39, 0.29) is 16.0 Å². The van der Waals surface area contributed by atoms with Crippen LogP contribution < -0.4 is 10.9 Å². The van der Waals surface area contributed by atoms with Gasteiger partial charge in [0, 0.05) is 10.7 Å². The lowest BCUT2D eigenvalue weighted by atomic mass is 10.2. The number of anilines is 1. The molecule has 0 aliphatic rings. The number of sulfone groups is 1. The zero-order valence-corrected chi connectivity index (χ0v) is 18.5. The van der Waals surface area contributed by atoms with E-state index in [1.165, 1.54) is 48.5 Å². The molecule has 1 heterocycles. The number of hydrogen-bond donors (Lipinski definition) is 2. The molecule has 0 saturated carbocycles. The van der Waals surface area contributed by atoms with Crippen LogP contribution in [0.25, 0.3) is 0 Å². The summed E-state index contributed by atoms with van der Waals surface area (Å²) in [7, 11) is -4.08. The highest BCUT2D eigenvalue weighted by atomic mass is 35.5. The number of carbonyl (C=O) groups excluding carboxylic acids is 1. The van der Waals surface area contributed by atoms with Crippen molar-refractivity contribution in [2.24, 2.45) is 0 Å². The number of H-pyrrole nitrogens is 1. The van der Waals surface area contributed by atoms with Gasteiger partial charge in [0.2, 0.25) is 15.7 Å². The summed E-state index contributed by atoms with van der Waals surface area (Å²) in [4.78, 5) is 30.8. The summed E-state index contributed by atoms with van der Waals surface area (Å²) in [6, 6.07) is 10.7. The Morgan fingerprint density at radius 3 is 2.42 bits per heavy atom. The summed E-state index contributed by atoms with van der Waals surface area (Å²) in [5.41, 5.74) is -0.419. The van der Waals surface area contributed by atoms with Crippen molar-refractivity contribution in [2.45, 2.75) is 33.5 Å². The molecular formula is C20H17ClFN3O4S2. The molecule has 0 bridgehead atoms. The molecular weight excluding hydrogens is 465 g/mol. The minimum Gasteiger partial charge on any atom is -0.325 e. The fourth-order valence-corrected chi connectivity index (χ4v) is 4.80. The number of amides is 1. The molecule has 31 heavy (non-hydrogen) atoms. The highest BCUT2D eigenvalue weighted by Crippen LogP contribution is 2.24. The molecule has 3 rings (SSSR count). The van der Waals surface area contributed by atoms with Crippen LogP contribution in [-0.4, -0.2) is 29.5 Å². The van der Waals surface area contributed by atoms with Crippen LogP contribution in [-0.2, 0) is 14.6 Å². The Hall–Kier alpha value is -2.69. The second kappa shape index (κ2) is 9.63. The van der Waals surface area contributed by atoms with Gasteiger partial charge in [-0.3, -0.25) is 9.59 Å². The van der Waals surface area contributed by atoms with E-state index in [0.717, 1.165) is 18.0 Å². The first-order valence-corrected chi connectivity index (χ1v) is 11.8. The Kier molecular flexibility index (Phi) is 7.14. The summed E-state index contributed by atoms with van der Waals surface area (Å²) in [6.45, 7) is 1.78. The molecule has 7 nitrogen and oxygen atoms in total. The van der Waals surface area contributed by atoms with Crippen molar-refractivity contribution >= 4 is 44.8 Å². The topological polar surface area (TPSA) is 109 Å². The monoisotopic (exact) mass is 481 g/mol. The van der Waals surface area contributed by atoms with Gasteiger partial charge < -0.3 is 10.3 Å². The van der Waals surface area contributed by atoms with E-state index in [1.807, 2.05) is 0 Å². The van der Waals surface area contributed by atoms with Crippen LogP contribution in [0, 0.1) is 5.82 Å². The second-order valence-electron chi connectivity index (χ2n) is 6.35. The number of nitrogens with zero attached hydrogens (tertiary/aromatic N) is 1. The van der Waals surface area contributed by atoms with E-state index in [2.05, 4.69) is 15.3 Å². The number of aromatic nitrogens is 2. The quantitative estimate of drug-likeness (QED) is 0.391. The number of halogens is 2. The lowest BCUT2D eigenvalue weighted by Gasteiger charge is -2.14. The van der Waals surface area contributed by atoms with Gasteiger partial charge in [-0.25, -0.2) is 17.8 Å². The third-order valence-electron chi connectivity index (χ3n) is 4.19. The third-order valence-corrected chi connectivity index (χ3v) is 7.46. The first-order valence-electron chi connectivity index (χ1n) is 9.03.